The van der Waals surface area contributed by atoms with Crippen LogP contribution in [0.5, 0.6) is 5.75 Å². The summed E-state index contributed by atoms with van der Waals surface area (Å²) in [6.07, 6.45) is 27.0. The lowest BCUT2D eigenvalue weighted by molar-refractivity contribution is 0.123. The second kappa shape index (κ2) is 18.3. The third-order valence-electron chi connectivity index (χ3n) is 7.35. The van der Waals surface area contributed by atoms with Crippen LogP contribution in [0.1, 0.15) is 136 Å². The molecule has 2 heteroatoms. The predicted octanol–water partition coefficient (Wildman–Crippen LogP) is 9.93. The minimum atomic E-state index is 0.338. The van der Waals surface area contributed by atoms with E-state index < -0.39 is 0 Å². The Morgan fingerprint density at radius 2 is 1.22 bits per heavy atom. The maximum atomic E-state index is 6.21. The Hall–Kier alpha value is -1.18. The molecular weight excluding hydrogens is 390 g/mol. The van der Waals surface area contributed by atoms with Crippen molar-refractivity contribution in [3.05, 3.63) is 24.3 Å². The first kappa shape index (κ1) is 27.1. The van der Waals surface area contributed by atoms with Gasteiger partial charge in [0, 0.05) is 12.2 Å². The Kier molecular flexibility index (Phi) is 15.5. The molecule has 0 aromatic heterocycles. The van der Waals surface area contributed by atoms with E-state index in [9.17, 15) is 0 Å². The summed E-state index contributed by atoms with van der Waals surface area (Å²) in [5, 5.41) is 3.58. The maximum Gasteiger partial charge on any atom is 0.119 e. The second-order valence-electron chi connectivity index (χ2n) is 10.3. The van der Waals surface area contributed by atoms with Gasteiger partial charge >= 0.3 is 0 Å². The summed E-state index contributed by atoms with van der Waals surface area (Å²) in [4.78, 5) is 0. The van der Waals surface area contributed by atoms with E-state index in [4.69, 9.17) is 4.74 Å². The van der Waals surface area contributed by atoms with Crippen molar-refractivity contribution in [2.24, 2.45) is 5.92 Å². The number of rotatable bonds is 19. The summed E-state index contributed by atoms with van der Waals surface area (Å²) in [7, 11) is 0. The molecule has 184 valence electrons. The van der Waals surface area contributed by atoms with Crippen molar-refractivity contribution in [3.8, 4) is 5.75 Å². The van der Waals surface area contributed by atoms with E-state index in [-0.39, 0.29) is 0 Å². The van der Waals surface area contributed by atoms with Gasteiger partial charge in [-0.2, -0.15) is 0 Å². The lowest BCUT2D eigenvalue weighted by atomic mass is 9.86. The van der Waals surface area contributed by atoms with E-state index in [0.29, 0.717) is 6.10 Å². The van der Waals surface area contributed by atoms with Crippen molar-refractivity contribution >= 4 is 5.69 Å². The molecule has 0 aliphatic heterocycles. The molecule has 1 N–H and O–H groups in total. The minimum absolute atomic E-state index is 0.338. The highest BCUT2D eigenvalue weighted by atomic mass is 16.5. The normalized spacial score (nSPS) is 15.6. The highest BCUT2D eigenvalue weighted by molar-refractivity contribution is 5.46. The molecule has 1 aliphatic carbocycles. The van der Waals surface area contributed by atoms with Gasteiger partial charge in [-0.05, 0) is 56.4 Å². The number of ether oxygens (including phenoxy) is 1. The lowest BCUT2D eigenvalue weighted by Gasteiger charge is -2.28. The first-order valence-electron chi connectivity index (χ1n) is 14.3. The van der Waals surface area contributed by atoms with Gasteiger partial charge in [0.25, 0.3) is 0 Å². The monoisotopic (exact) mass is 443 g/mol. The Labute approximate surface area is 200 Å². The Balaban J connectivity index is 1.39. The quantitative estimate of drug-likeness (QED) is 0.215. The average Bonchev–Trinajstić information content (AvgIpc) is 2.83. The molecule has 1 fully saturated rings. The van der Waals surface area contributed by atoms with Gasteiger partial charge in [-0.1, -0.05) is 110 Å². The molecule has 1 saturated carbocycles. The summed E-state index contributed by atoms with van der Waals surface area (Å²) in [5.41, 5.74) is 1.22. The van der Waals surface area contributed by atoms with E-state index >= 15 is 0 Å². The number of nitrogens with one attached hydrogen (secondary N) is 1. The molecule has 0 saturated heterocycles. The van der Waals surface area contributed by atoms with E-state index in [1.807, 2.05) is 0 Å². The first-order valence-corrected chi connectivity index (χ1v) is 14.3. The van der Waals surface area contributed by atoms with E-state index in [1.165, 1.54) is 128 Å². The van der Waals surface area contributed by atoms with Gasteiger partial charge in [-0.25, -0.2) is 0 Å². The molecule has 0 spiro atoms. The summed E-state index contributed by atoms with van der Waals surface area (Å²) in [5.74, 6) is 1.76. The number of anilines is 1. The summed E-state index contributed by atoms with van der Waals surface area (Å²) in [6, 6.07) is 8.61. The second-order valence-corrected chi connectivity index (χ2v) is 10.3. The Bertz CT molecular complexity index is 534. The van der Waals surface area contributed by atoms with Crippen LogP contribution in [0.4, 0.5) is 5.69 Å². The molecular formula is C30H53NO. The van der Waals surface area contributed by atoms with Gasteiger partial charge in [0.05, 0.1) is 6.10 Å². The third-order valence-corrected chi connectivity index (χ3v) is 7.35. The minimum Gasteiger partial charge on any atom is -0.490 e. The van der Waals surface area contributed by atoms with Gasteiger partial charge in [-0.3, -0.25) is 0 Å². The number of unbranched alkanes of at least 4 members (excludes halogenated alkanes) is 13. The number of hydrogen-bond donors (Lipinski definition) is 1. The topological polar surface area (TPSA) is 21.3 Å². The van der Waals surface area contributed by atoms with E-state index in [1.54, 1.807) is 0 Å². The van der Waals surface area contributed by atoms with Gasteiger partial charge in [-0.15, -0.1) is 0 Å². The van der Waals surface area contributed by atoms with Crippen LogP contribution in [-0.2, 0) is 0 Å². The van der Waals surface area contributed by atoms with E-state index in [0.717, 1.165) is 18.2 Å². The standard InChI is InChI=1S/C30H53NO/c1-3-4-5-6-7-8-9-10-11-12-13-14-15-19-26-31-29-22-24-30(25-23-29)32-27(2)28-20-17-16-18-21-28/h22-25,27-28,31H,3-21,26H2,1-2H3. The summed E-state index contributed by atoms with van der Waals surface area (Å²) >= 11 is 0. The van der Waals surface area contributed by atoms with Crippen LogP contribution in [0.15, 0.2) is 24.3 Å². The van der Waals surface area contributed by atoms with Gasteiger partial charge in [0.1, 0.15) is 5.75 Å². The van der Waals surface area contributed by atoms with Crippen LogP contribution in [0.25, 0.3) is 0 Å². The summed E-state index contributed by atoms with van der Waals surface area (Å²) in [6.45, 7) is 5.62. The maximum absolute atomic E-state index is 6.21. The SMILES string of the molecule is CCCCCCCCCCCCCCCCNc1ccc(OC(C)C2CCCCC2)cc1. The fourth-order valence-electron chi connectivity index (χ4n) is 5.12. The molecule has 0 heterocycles. The molecule has 2 rings (SSSR count). The molecule has 1 aliphatic rings. The Morgan fingerprint density at radius 1 is 0.719 bits per heavy atom. The van der Waals surface area contributed by atoms with Crippen molar-refractivity contribution in [3.63, 3.8) is 0 Å². The number of hydrogen-bond acceptors (Lipinski definition) is 2. The fourth-order valence-corrected chi connectivity index (χ4v) is 5.12. The van der Waals surface area contributed by atoms with E-state index in [2.05, 4.69) is 43.4 Å². The molecule has 2 nitrogen and oxygen atoms in total. The Morgan fingerprint density at radius 3 is 1.75 bits per heavy atom. The zero-order valence-corrected chi connectivity index (χ0v) is 21.5. The van der Waals surface area contributed by atoms with Crippen LogP contribution >= 0.6 is 0 Å². The van der Waals surface area contributed by atoms with Crippen molar-refractivity contribution in [2.75, 3.05) is 11.9 Å². The molecule has 32 heavy (non-hydrogen) atoms. The largest absolute Gasteiger partial charge is 0.490 e. The van der Waals surface area contributed by atoms with Crippen LogP contribution in [0.2, 0.25) is 0 Å². The fraction of sp³-hybridized carbons (Fsp3) is 0.800. The molecule has 1 unspecified atom stereocenters. The van der Waals surface area contributed by atoms with Crippen LogP contribution in [0.3, 0.4) is 0 Å². The van der Waals surface area contributed by atoms with Crippen LogP contribution in [-0.4, -0.2) is 12.6 Å². The van der Waals surface area contributed by atoms with Gasteiger partial charge in [0.15, 0.2) is 0 Å². The van der Waals surface area contributed by atoms with Gasteiger partial charge < -0.3 is 10.1 Å². The highest BCUT2D eigenvalue weighted by Gasteiger charge is 2.21. The lowest BCUT2D eigenvalue weighted by Crippen LogP contribution is -2.25. The molecule has 1 aromatic carbocycles. The average molecular weight is 444 g/mol. The highest BCUT2D eigenvalue weighted by Crippen LogP contribution is 2.29. The third kappa shape index (κ3) is 12.8. The first-order chi connectivity index (χ1) is 15.8. The molecule has 1 aromatic rings. The van der Waals surface area contributed by atoms with Crippen LogP contribution in [0, 0.1) is 5.92 Å². The zero-order chi connectivity index (χ0) is 22.7. The number of benzene rings is 1. The zero-order valence-electron chi connectivity index (χ0n) is 21.5. The molecule has 1 atom stereocenters. The van der Waals surface area contributed by atoms with Crippen LogP contribution < -0.4 is 10.1 Å². The molecule has 0 radical (unpaired) electrons. The predicted molar refractivity (Wildman–Crippen MR) is 142 cm³/mol. The van der Waals surface area contributed by atoms with Crippen molar-refractivity contribution in [2.45, 2.75) is 142 Å². The summed E-state index contributed by atoms with van der Waals surface area (Å²) < 4.78 is 6.21. The smallest absolute Gasteiger partial charge is 0.119 e. The van der Waals surface area contributed by atoms with Crippen molar-refractivity contribution < 1.29 is 4.74 Å². The van der Waals surface area contributed by atoms with Crippen molar-refractivity contribution in [1.29, 1.82) is 0 Å². The molecule has 0 amide bonds. The van der Waals surface area contributed by atoms with Crippen molar-refractivity contribution in [1.82, 2.24) is 0 Å². The van der Waals surface area contributed by atoms with Gasteiger partial charge in [0.2, 0.25) is 0 Å². The molecule has 0 bridgehead atoms.